The first-order chi connectivity index (χ1) is 13.7. The van der Waals surface area contributed by atoms with Crippen molar-refractivity contribution in [2.75, 3.05) is 26.7 Å². The first kappa shape index (κ1) is 18.0. The molecule has 1 aromatic carbocycles. The molecule has 1 aromatic heterocycles. The maximum absolute atomic E-state index is 9.17. The van der Waals surface area contributed by atoms with Crippen LogP contribution in [-0.4, -0.2) is 47.5 Å². The van der Waals surface area contributed by atoms with E-state index in [4.69, 9.17) is 9.73 Å². The van der Waals surface area contributed by atoms with E-state index in [1.807, 2.05) is 48.4 Å². The summed E-state index contributed by atoms with van der Waals surface area (Å²) < 4.78 is 5.99. The lowest BCUT2D eigenvalue weighted by Crippen LogP contribution is -2.49. The summed E-state index contributed by atoms with van der Waals surface area (Å²) in [5.74, 6) is 0.851. The molecule has 28 heavy (non-hydrogen) atoms. The van der Waals surface area contributed by atoms with E-state index in [0.29, 0.717) is 18.7 Å². The quantitative estimate of drug-likeness (QED) is 0.811. The number of benzene rings is 1. The van der Waals surface area contributed by atoms with E-state index in [1.165, 1.54) is 0 Å². The fourth-order valence-electron chi connectivity index (χ4n) is 3.39. The van der Waals surface area contributed by atoms with Crippen molar-refractivity contribution in [3.8, 4) is 6.07 Å². The monoisotopic (exact) mass is 371 g/mol. The van der Waals surface area contributed by atoms with E-state index < -0.39 is 0 Å². The lowest BCUT2D eigenvalue weighted by molar-refractivity contribution is -0.00963. The van der Waals surface area contributed by atoms with Crippen molar-refractivity contribution in [1.82, 2.24) is 14.8 Å². The third-order valence-corrected chi connectivity index (χ3v) is 4.97. The summed E-state index contributed by atoms with van der Waals surface area (Å²) >= 11 is 0. The Balaban J connectivity index is 1.61. The smallest absolute Gasteiger partial charge is 0.206 e. The molecule has 3 heterocycles. The summed E-state index contributed by atoms with van der Waals surface area (Å²) in [5, 5.41) is 9.17. The van der Waals surface area contributed by atoms with Crippen LogP contribution < -0.4 is 0 Å². The fourth-order valence-corrected chi connectivity index (χ4v) is 3.39. The molecule has 0 unspecified atom stereocenters. The van der Waals surface area contributed by atoms with Crippen LogP contribution in [0.1, 0.15) is 22.8 Å². The first-order valence-corrected chi connectivity index (χ1v) is 9.16. The molecule has 6 nitrogen and oxygen atoms in total. The molecule has 2 aromatic rings. The van der Waals surface area contributed by atoms with Gasteiger partial charge in [-0.2, -0.15) is 5.26 Å². The third kappa shape index (κ3) is 3.53. The largest absolute Gasteiger partial charge is 0.370 e. The van der Waals surface area contributed by atoms with Crippen LogP contribution in [0, 0.1) is 11.3 Å². The number of guanidine groups is 1. The summed E-state index contributed by atoms with van der Waals surface area (Å²) in [5.41, 5.74) is 4.41. The topological polar surface area (TPSA) is 64.8 Å². The van der Waals surface area contributed by atoms with Gasteiger partial charge in [-0.25, -0.2) is 4.99 Å². The van der Waals surface area contributed by atoms with Crippen molar-refractivity contribution in [2.24, 2.45) is 4.99 Å². The number of nitriles is 1. The maximum Gasteiger partial charge on any atom is 0.206 e. The molecule has 0 N–H and O–H groups in total. The van der Waals surface area contributed by atoms with Gasteiger partial charge >= 0.3 is 0 Å². The number of hydrogen-bond acceptors (Lipinski definition) is 6. The molecule has 0 spiro atoms. The van der Waals surface area contributed by atoms with E-state index in [1.54, 1.807) is 18.5 Å². The van der Waals surface area contributed by atoms with Gasteiger partial charge in [0.25, 0.3) is 0 Å². The zero-order valence-corrected chi connectivity index (χ0v) is 15.7. The van der Waals surface area contributed by atoms with Gasteiger partial charge in [-0.3, -0.25) is 4.98 Å². The SMILES string of the molecule is C=C1C=C(c2ccncc2)N=C(N2CCO[C@H](c3cccc(C#N)c3)C2)N1C. The van der Waals surface area contributed by atoms with Crippen LogP contribution in [0.2, 0.25) is 0 Å². The molecule has 1 fully saturated rings. The summed E-state index contributed by atoms with van der Waals surface area (Å²) in [6.07, 6.45) is 5.40. The van der Waals surface area contributed by atoms with Gasteiger partial charge in [0.1, 0.15) is 6.10 Å². The molecule has 2 aliphatic rings. The fraction of sp³-hybridized carbons (Fsp3) is 0.227. The van der Waals surface area contributed by atoms with Gasteiger partial charge < -0.3 is 14.5 Å². The highest BCUT2D eigenvalue weighted by Gasteiger charge is 2.28. The van der Waals surface area contributed by atoms with Gasteiger partial charge in [0.15, 0.2) is 0 Å². The molecule has 0 aliphatic carbocycles. The number of rotatable bonds is 2. The minimum absolute atomic E-state index is 0.110. The molecular formula is C22H21N5O. The zero-order valence-electron chi connectivity index (χ0n) is 15.7. The van der Waals surface area contributed by atoms with Crippen molar-refractivity contribution < 1.29 is 4.74 Å². The van der Waals surface area contributed by atoms with Crippen LogP contribution in [0.15, 0.2) is 72.1 Å². The maximum atomic E-state index is 9.17. The summed E-state index contributed by atoms with van der Waals surface area (Å²) in [6.45, 7) is 6.17. The number of morpholine rings is 1. The van der Waals surface area contributed by atoms with Gasteiger partial charge in [0, 0.05) is 37.2 Å². The molecular weight excluding hydrogens is 350 g/mol. The van der Waals surface area contributed by atoms with Crippen LogP contribution >= 0.6 is 0 Å². The van der Waals surface area contributed by atoms with E-state index in [9.17, 15) is 5.26 Å². The van der Waals surface area contributed by atoms with E-state index in [-0.39, 0.29) is 6.10 Å². The lowest BCUT2D eigenvalue weighted by Gasteiger charge is -2.39. The van der Waals surface area contributed by atoms with Crippen molar-refractivity contribution in [1.29, 1.82) is 5.26 Å². The molecule has 0 saturated carbocycles. The molecule has 1 atom stereocenters. The Morgan fingerprint density at radius 3 is 2.86 bits per heavy atom. The van der Waals surface area contributed by atoms with Gasteiger partial charge in [0.05, 0.1) is 30.5 Å². The van der Waals surface area contributed by atoms with Crippen LogP contribution in [-0.2, 0) is 4.74 Å². The Kier molecular flexibility index (Phi) is 4.92. The zero-order chi connectivity index (χ0) is 19.5. The molecule has 0 radical (unpaired) electrons. The van der Waals surface area contributed by atoms with Gasteiger partial charge in [-0.15, -0.1) is 0 Å². The second-order valence-electron chi connectivity index (χ2n) is 6.77. The van der Waals surface area contributed by atoms with Crippen molar-refractivity contribution in [3.63, 3.8) is 0 Å². The Labute approximate surface area is 164 Å². The minimum atomic E-state index is -0.110. The van der Waals surface area contributed by atoms with E-state index in [0.717, 1.165) is 35.0 Å². The average Bonchev–Trinajstić information content (AvgIpc) is 2.76. The third-order valence-electron chi connectivity index (χ3n) is 4.97. The van der Waals surface area contributed by atoms with Crippen molar-refractivity contribution in [3.05, 3.63) is 83.8 Å². The summed E-state index contributed by atoms with van der Waals surface area (Å²) in [4.78, 5) is 13.2. The number of pyridine rings is 1. The normalized spacial score (nSPS) is 19.7. The van der Waals surface area contributed by atoms with E-state index in [2.05, 4.69) is 22.5 Å². The lowest BCUT2D eigenvalue weighted by atomic mass is 10.0. The predicted octanol–water partition coefficient (Wildman–Crippen LogP) is 3.18. The Morgan fingerprint density at radius 1 is 1.25 bits per heavy atom. The van der Waals surface area contributed by atoms with Crippen molar-refractivity contribution >= 4 is 11.7 Å². The highest BCUT2D eigenvalue weighted by molar-refractivity contribution is 5.91. The standard InChI is InChI=1S/C22H21N5O/c1-16-12-20(18-6-8-24-9-7-18)25-22(26(16)2)27-10-11-28-21(15-27)19-5-3-4-17(13-19)14-23/h3-9,12-13,21H,1,10-11,15H2,2H3/t21-/m0/s1. The van der Waals surface area contributed by atoms with E-state index >= 15 is 0 Å². The number of ether oxygens (including phenoxy) is 1. The van der Waals surface area contributed by atoms with Crippen LogP contribution in [0.4, 0.5) is 0 Å². The average molecular weight is 371 g/mol. The summed E-state index contributed by atoms with van der Waals surface area (Å²) in [7, 11) is 1.97. The number of aliphatic imine (C=N–C) groups is 1. The Morgan fingerprint density at radius 2 is 2.07 bits per heavy atom. The number of likely N-dealkylation sites (N-methyl/N-ethyl adjacent to an activating group) is 1. The van der Waals surface area contributed by atoms with Crippen LogP contribution in [0.3, 0.4) is 0 Å². The minimum Gasteiger partial charge on any atom is -0.370 e. The number of nitrogens with zero attached hydrogens (tertiary/aromatic N) is 5. The van der Waals surface area contributed by atoms with Crippen LogP contribution in [0.5, 0.6) is 0 Å². The molecule has 0 bridgehead atoms. The molecule has 6 heteroatoms. The Bertz CT molecular complexity index is 989. The van der Waals surface area contributed by atoms with Gasteiger partial charge in [-0.05, 0) is 35.9 Å². The highest BCUT2D eigenvalue weighted by atomic mass is 16.5. The second-order valence-corrected chi connectivity index (χ2v) is 6.77. The highest BCUT2D eigenvalue weighted by Crippen LogP contribution is 2.28. The predicted molar refractivity (Wildman–Crippen MR) is 108 cm³/mol. The first-order valence-electron chi connectivity index (χ1n) is 9.16. The Hall–Kier alpha value is -3.43. The van der Waals surface area contributed by atoms with Crippen molar-refractivity contribution in [2.45, 2.75) is 6.10 Å². The van der Waals surface area contributed by atoms with Gasteiger partial charge in [0.2, 0.25) is 5.96 Å². The summed E-state index contributed by atoms with van der Waals surface area (Å²) in [6, 6.07) is 13.7. The molecule has 4 rings (SSSR count). The van der Waals surface area contributed by atoms with Gasteiger partial charge in [-0.1, -0.05) is 18.7 Å². The molecule has 1 saturated heterocycles. The molecule has 140 valence electrons. The number of aromatic nitrogens is 1. The molecule has 2 aliphatic heterocycles. The number of hydrogen-bond donors (Lipinski definition) is 0. The van der Waals surface area contributed by atoms with Crippen LogP contribution in [0.25, 0.3) is 5.70 Å². The second kappa shape index (κ2) is 7.67. The number of allylic oxidation sites excluding steroid dienone is 1. The molecule has 0 amide bonds.